The van der Waals surface area contributed by atoms with E-state index < -0.39 is 0 Å². The van der Waals surface area contributed by atoms with Gasteiger partial charge in [-0.05, 0) is 51.0 Å². The Kier molecular flexibility index (Phi) is 3.62. The van der Waals surface area contributed by atoms with Crippen molar-refractivity contribution in [1.29, 1.82) is 0 Å². The first-order chi connectivity index (χ1) is 10.1. The van der Waals surface area contributed by atoms with Crippen LogP contribution in [0.3, 0.4) is 0 Å². The summed E-state index contributed by atoms with van der Waals surface area (Å²) < 4.78 is 0.837. The van der Waals surface area contributed by atoms with Crippen LogP contribution >= 0.6 is 15.9 Å². The molecule has 0 aliphatic rings. The van der Waals surface area contributed by atoms with Gasteiger partial charge in [0.2, 0.25) is 0 Å². The first-order valence-corrected chi connectivity index (χ1v) is 7.28. The topological polar surface area (TPSA) is 55.1 Å². The predicted octanol–water partition coefficient (Wildman–Crippen LogP) is 4.44. The molecule has 0 unspecified atom stereocenters. The highest BCUT2D eigenvalue weighted by atomic mass is 79.9. The Labute approximate surface area is 130 Å². The van der Waals surface area contributed by atoms with Crippen molar-refractivity contribution in [3.05, 3.63) is 70.7 Å². The number of anilines is 2. The summed E-state index contributed by atoms with van der Waals surface area (Å²) in [6, 6.07) is 18.9. The van der Waals surface area contributed by atoms with E-state index in [1.165, 1.54) is 0 Å². The van der Waals surface area contributed by atoms with E-state index >= 15 is 0 Å². The summed E-state index contributed by atoms with van der Waals surface area (Å²) in [6.07, 6.45) is 0. The summed E-state index contributed by atoms with van der Waals surface area (Å²) in [6.45, 7) is 0. The first kappa shape index (κ1) is 13.6. The maximum atomic E-state index is 12.3. The van der Waals surface area contributed by atoms with Crippen molar-refractivity contribution < 1.29 is 4.79 Å². The molecule has 0 aliphatic carbocycles. The molecule has 0 heterocycles. The summed E-state index contributed by atoms with van der Waals surface area (Å²) in [5, 5.41) is 5.07. The maximum Gasteiger partial charge on any atom is 0.257 e. The number of halogens is 1. The number of rotatable bonds is 2. The van der Waals surface area contributed by atoms with Crippen LogP contribution in [0.5, 0.6) is 0 Å². The number of carbonyl (C=O) groups is 1. The summed E-state index contributed by atoms with van der Waals surface area (Å²) in [5.74, 6) is -0.218. The van der Waals surface area contributed by atoms with E-state index in [9.17, 15) is 4.79 Å². The molecule has 0 saturated carbocycles. The lowest BCUT2D eigenvalue weighted by molar-refractivity contribution is 0.102. The van der Waals surface area contributed by atoms with Crippen LogP contribution in [0.2, 0.25) is 0 Å². The number of carbonyl (C=O) groups excluding carboxylic acids is 1. The average Bonchev–Trinajstić information content (AvgIpc) is 2.48. The molecule has 0 spiro atoms. The highest BCUT2D eigenvalue weighted by Gasteiger charge is 2.11. The SMILES string of the molecule is Nc1ccccc1C(=O)Nc1cc2ccccc2cc1Br. The maximum absolute atomic E-state index is 12.3. The molecule has 21 heavy (non-hydrogen) atoms. The second kappa shape index (κ2) is 5.58. The van der Waals surface area contributed by atoms with Gasteiger partial charge in [-0.3, -0.25) is 4.79 Å². The van der Waals surface area contributed by atoms with Crippen LogP contribution in [0.1, 0.15) is 10.4 Å². The van der Waals surface area contributed by atoms with Crippen LogP contribution in [0.15, 0.2) is 65.1 Å². The zero-order chi connectivity index (χ0) is 14.8. The van der Waals surface area contributed by atoms with E-state index in [0.717, 1.165) is 20.9 Å². The number of nitrogen functional groups attached to an aromatic ring is 1. The Morgan fingerprint density at radius 3 is 2.29 bits per heavy atom. The van der Waals surface area contributed by atoms with Crippen molar-refractivity contribution in [3.63, 3.8) is 0 Å². The minimum absolute atomic E-state index is 0.218. The summed E-state index contributed by atoms with van der Waals surface area (Å²) in [4.78, 5) is 12.3. The van der Waals surface area contributed by atoms with E-state index in [1.54, 1.807) is 24.3 Å². The number of nitrogens with two attached hydrogens (primary N) is 1. The molecule has 0 fully saturated rings. The fourth-order valence-electron chi connectivity index (χ4n) is 2.20. The normalized spacial score (nSPS) is 10.5. The van der Waals surface area contributed by atoms with Crippen LogP contribution in [0, 0.1) is 0 Å². The summed E-state index contributed by atoms with van der Waals surface area (Å²) in [7, 11) is 0. The molecule has 0 atom stereocenters. The van der Waals surface area contributed by atoms with E-state index in [4.69, 9.17) is 5.73 Å². The number of fused-ring (bicyclic) bond motifs is 1. The Morgan fingerprint density at radius 1 is 0.952 bits per heavy atom. The fraction of sp³-hybridized carbons (Fsp3) is 0. The number of amides is 1. The van der Waals surface area contributed by atoms with Crippen molar-refractivity contribution in [2.45, 2.75) is 0 Å². The first-order valence-electron chi connectivity index (χ1n) is 6.49. The van der Waals surface area contributed by atoms with Crippen LogP contribution in [-0.2, 0) is 0 Å². The number of para-hydroxylation sites is 1. The van der Waals surface area contributed by atoms with Crippen molar-refractivity contribution in [3.8, 4) is 0 Å². The number of hydrogen-bond donors (Lipinski definition) is 2. The number of nitrogens with one attached hydrogen (secondary N) is 1. The van der Waals surface area contributed by atoms with Crippen LogP contribution < -0.4 is 11.1 Å². The van der Waals surface area contributed by atoms with Gasteiger partial charge in [0, 0.05) is 10.2 Å². The Morgan fingerprint density at radius 2 is 1.57 bits per heavy atom. The number of benzene rings is 3. The molecule has 1 amide bonds. The standard InChI is InChI=1S/C17H13BrN2O/c18-14-9-11-5-1-2-6-12(11)10-16(14)20-17(21)13-7-3-4-8-15(13)19/h1-10H,19H2,(H,20,21). The lowest BCUT2D eigenvalue weighted by Gasteiger charge is -2.10. The quantitative estimate of drug-likeness (QED) is 0.677. The highest BCUT2D eigenvalue weighted by Crippen LogP contribution is 2.29. The summed E-state index contributed by atoms with van der Waals surface area (Å²) >= 11 is 3.49. The lowest BCUT2D eigenvalue weighted by atomic mass is 10.1. The smallest absolute Gasteiger partial charge is 0.257 e. The molecule has 104 valence electrons. The van der Waals surface area contributed by atoms with Gasteiger partial charge in [0.05, 0.1) is 11.3 Å². The molecule has 0 saturated heterocycles. The molecule has 3 aromatic rings. The van der Waals surface area contributed by atoms with Crippen molar-refractivity contribution in [2.75, 3.05) is 11.1 Å². The van der Waals surface area contributed by atoms with Crippen molar-refractivity contribution >= 4 is 44.0 Å². The van der Waals surface area contributed by atoms with Crippen LogP contribution in [-0.4, -0.2) is 5.91 Å². The average molecular weight is 341 g/mol. The van der Waals surface area contributed by atoms with Crippen LogP contribution in [0.25, 0.3) is 10.8 Å². The van der Waals surface area contributed by atoms with Gasteiger partial charge in [-0.2, -0.15) is 0 Å². The monoisotopic (exact) mass is 340 g/mol. The molecule has 0 aliphatic heterocycles. The predicted molar refractivity (Wildman–Crippen MR) is 90.5 cm³/mol. The van der Waals surface area contributed by atoms with E-state index in [-0.39, 0.29) is 5.91 Å². The zero-order valence-electron chi connectivity index (χ0n) is 11.1. The minimum Gasteiger partial charge on any atom is -0.398 e. The molecular weight excluding hydrogens is 328 g/mol. The van der Waals surface area contributed by atoms with E-state index in [1.807, 2.05) is 36.4 Å². The molecule has 3 N–H and O–H groups in total. The third-order valence-electron chi connectivity index (χ3n) is 3.29. The molecule has 4 heteroatoms. The third kappa shape index (κ3) is 2.76. The van der Waals surface area contributed by atoms with Gasteiger partial charge in [0.15, 0.2) is 0 Å². The second-order valence-electron chi connectivity index (χ2n) is 4.72. The Bertz CT molecular complexity index is 830. The van der Waals surface area contributed by atoms with Gasteiger partial charge in [-0.25, -0.2) is 0 Å². The Balaban J connectivity index is 1.96. The van der Waals surface area contributed by atoms with Crippen molar-refractivity contribution in [1.82, 2.24) is 0 Å². The molecule has 0 radical (unpaired) electrons. The van der Waals surface area contributed by atoms with Gasteiger partial charge in [0.25, 0.3) is 5.91 Å². The minimum atomic E-state index is -0.218. The van der Waals surface area contributed by atoms with Gasteiger partial charge < -0.3 is 11.1 Å². The van der Waals surface area contributed by atoms with E-state index in [2.05, 4.69) is 21.2 Å². The van der Waals surface area contributed by atoms with Gasteiger partial charge in [0.1, 0.15) is 0 Å². The third-order valence-corrected chi connectivity index (χ3v) is 3.95. The zero-order valence-corrected chi connectivity index (χ0v) is 12.7. The second-order valence-corrected chi connectivity index (χ2v) is 5.57. The largest absolute Gasteiger partial charge is 0.398 e. The Hall–Kier alpha value is -2.33. The molecule has 3 rings (SSSR count). The molecule has 0 bridgehead atoms. The molecule has 3 nitrogen and oxygen atoms in total. The van der Waals surface area contributed by atoms with Gasteiger partial charge >= 0.3 is 0 Å². The summed E-state index contributed by atoms with van der Waals surface area (Å²) in [5.41, 5.74) is 7.49. The molecular formula is C17H13BrN2O. The number of hydrogen-bond acceptors (Lipinski definition) is 2. The van der Waals surface area contributed by atoms with Gasteiger partial charge in [-0.1, -0.05) is 36.4 Å². The lowest BCUT2D eigenvalue weighted by Crippen LogP contribution is -2.14. The van der Waals surface area contributed by atoms with E-state index in [0.29, 0.717) is 11.3 Å². The highest BCUT2D eigenvalue weighted by molar-refractivity contribution is 9.10. The van der Waals surface area contributed by atoms with Crippen LogP contribution in [0.4, 0.5) is 11.4 Å². The van der Waals surface area contributed by atoms with Crippen molar-refractivity contribution in [2.24, 2.45) is 0 Å². The molecule has 0 aromatic heterocycles. The fourth-order valence-corrected chi connectivity index (χ4v) is 2.66. The van der Waals surface area contributed by atoms with Gasteiger partial charge in [-0.15, -0.1) is 0 Å². The molecule has 3 aromatic carbocycles.